The monoisotopic (exact) mass is 311 g/mol. The van der Waals surface area contributed by atoms with Gasteiger partial charge in [0.2, 0.25) is 0 Å². The van der Waals surface area contributed by atoms with Gasteiger partial charge in [0.15, 0.2) is 0 Å². The van der Waals surface area contributed by atoms with Gasteiger partial charge in [0, 0.05) is 44.2 Å². The van der Waals surface area contributed by atoms with Crippen LogP contribution in [0, 0.1) is 5.92 Å². The standard InChI is InChI=1S/C18H25N5/c1-13(2)9-17-20-21-18-10-15-6-7-16(12-23(17)18)22(15)11-14-5-3-4-8-19-14/h3-5,8,13,15-16H,6-7,9-12H2,1-2H3/t15-,16+/m0/s1. The van der Waals surface area contributed by atoms with Crippen LogP contribution in [0.25, 0.3) is 0 Å². The Morgan fingerprint density at radius 1 is 1.17 bits per heavy atom. The van der Waals surface area contributed by atoms with Gasteiger partial charge in [-0.2, -0.15) is 0 Å². The SMILES string of the molecule is CC(C)Cc1nnc2n1C[C@H]1CC[C@@H](C2)N1Cc1ccccn1. The summed E-state index contributed by atoms with van der Waals surface area (Å²) < 4.78 is 2.40. The number of hydrogen-bond donors (Lipinski definition) is 0. The van der Waals surface area contributed by atoms with Crippen molar-refractivity contribution < 1.29 is 0 Å². The van der Waals surface area contributed by atoms with Gasteiger partial charge in [0.05, 0.1) is 5.69 Å². The molecule has 122 valence electrons. The summed E-state index contributed by atoms with van der Waals surface area (Å²) in [5, 5.41) is 8.97. The fraction of sp³-hybridized carbons (Fsp3) is 0.611. The summed E-state index contributed by atoms with van der Waals surface area (Å²) in [6.07, 6.45) is 6.48. The molecular formula is C18H25N5. The highest BCUT2D eigenvalue weighted by molar-refractivity contribution is 5.09. The summed E-state index contributed by atoms with van der Waals surface area (Å²) in [6.45, 7) is 6.48. The topological polar surface area (TPSA) is 46.8 Å². The minimum Gasteiger partial charge on any atom is -0.313 e. The molecule has 2 bridgehead atoms. The average Bonchev–Trinajstić information content (AvgIpc) is 3.01. The first-order valence-electron chi connectivity index (χ1n) is 8.77. The van der Waals surface area contributed by atoms with Crippen LogP contribution in [0.2, 0.25) is 0 Å². The molecule has 2 aromatic rings. The van der Waals surface area contributed by atoms with Crippen LogP contribution in [0.3, 0.4) is 0 Å². The minimum atomic E-state index is 0.583. The van der Waals surface area contributed by atoms with Gasteiger partial charge < -0.3 is 4.57 Å². The fourth-order valence-corrected chi connectivity index (χ4v) is 4.04. The molecule has 5 heteroatoms. The van der Waals surface area contributed by atoms with Crippen molar-refractivity contribution in [3.05, 3.63) is 41.7 Å². The van der Waals surface area contributed by atoms with E-state index in [2.05, 4.69) is 50.6 Å². The second-order valence-corrected chi connectivity index (χ2v) is 7.32. The first-order valence-corrected chi connectivity index (χ1v) is 8.77. The zero-order valence-electron chi connectivity index (χ0n) is 14.0. The number of fused-ring (bicyclic) bond motifs is 3. The Morgan fingerprint density at radius 2 is 2.04 bits per heavy atom. The molecule has 2 atom stereocenters. The molecule has 5 nitrogen and oxygen atoms in total. The predicted molar refractivity (Wildman–Crippen MR) is 88.9 cm³/mol. The number of hydrogen-bond acceptors (Lipinski definition) is 4. The maximum Gasteiger partial charge on any atom is 0.134 e. The third kappa shape index (κ3) is 2.90. The molecule has 1 saturated heterocycles. The molecule has 0 amide bonds. The summed E-state index contributed by atoms with van der Waals surface area (Å²) in [5.41, 5.74) is 1.17. The normalized spacial score (nSPS) is 24.0. The summed E-state index contributed by atoms with van der Waals surface area (Å²) in [5.74, 6) is 2.97. The number of pyridine rings is 1. The van der Waals surface area contributed by atoms with E-state index in [1.807, 2.05) is 12.3 Å². The molecule has 2 aromatic heterocycles. The van der Waals surface area contributed by atoms with E-state index in [0.29, 0.717) is 18.0 Å². The van der Waals surface area contributed by atoms with Crippen molar-refractivity contribution in [1.29, 1.82) is 0 Å². The van der Waals surface area contributed by atoms with Crippen LogP contribution in [-0.4, -0.2) is 36.7 Å². The summed E-state index contributed by atoms with van der Waals surface area (Å²) >= 11 is 0. The van der Waals surface area contributed by atoms with Crippen molar-refractivity contribution in [3.63, 3.8) is 0 Å². The van der Waals surface area contributed by atoms with Gasteiger partial charge in [-0.15, -0.1) is 10.2 Å². The Labute approximate surface area is 137 Å². The lowest BCUT2D eigenvalue weighted by molar-refractivity contribution is 0.177. The zero-order chi connectivity index (χ0) is 15.8. The highest BCUT2D eigenvalue weighted by Crippen LogP contribution is 2.32. The molecule has 0 aromatic carbocycles. The zero-order valence-corrected chi connectivity index (χ0v) is 14.0. The lowest BCUT2D eigenvalue weighted by Crippen LogP contribution is -2.36. The smallest absolute Gasteiger partial charge is 0.134 e. The van der Waals surface area contributed by atoms with Gasteiger partial charge in [-0.25, -0.2) is 0 Å². The molecule has 2 aliphatic rings. The summed E-state index contributed by atoms with van der Waals surface area (Å²) in [7, 11) is 0. The highest BCUT2D eigenvalue weighted by Gasteiger charge is 2.38. The van der Waals surface area contributed by atoms with Crippen LogP contribution in [0.1, 0.15) is 44.0 Å². The largest absolute Gasteiger partial charge is 0.313 e. The van der Waals surface area contributed by atoms with Crippen molar-refractivity contribution >= 4 is 0 Å². The Hall–Kier alpha value is -1.75. The van der Waals surface area contributed by atoms with Crippen molar-refractivity contribution in [1.82, 2.24) is 24.6 Å². The molecule has 2 aliphatic heterocycles. The minimum absolute atomic E-state index is 0.583. The van der Waals surface area contributed by atoms with Crippen LogP contribution in [0.15, 0.2) is 24.4 Å². The summed E-state index contributed by atoms with van der Waals surface area (Å²) in [4.78, 5) is 7.17. The van der Waals surface area contributed by atoms with Gasteiger partial charge in [-0.05, 0) is 30.9 Å². The third-order valence-electron chi connectivity index (χ3n) is 5.15. The molecule has 0 radical (unpaired) electrons. The fourth-order valence-electron chi connectivity index (χ4n) is 4.04. The average molecular weight is 311 g/mol. The van der Waals surface area contributed by atoms with E-state index in [1.54, 1.807) is 0 Å². The van der Waals surface area contributed by atoms with Crippen molar-refractivity contribution in [3.8, 4) is 0 Å². The van der Waals surface area contributed by atoms with E-state index >= 15 is 0 Å². The molecular weight excluding hydrogens is 286 g/mol. The maximum absolute atomic E-state index is 4.52. The van der Waals surface area contributed by atoms with E-state index in [4.69, 9.17) is 0 Å². The Morgan fingerprint density at radius 3 is 2.83 bits per heavy atom. The molecule has 0 unspecified atom stereocenters. The Balaban J connectivity index is 1.57. The van der Waals surface area contributed by atoms with E-state index in [1.165, 1.54) is 30.2 Å². The molecule has 0 spiro atoms. The Kier molecular flexibility index (Phi) is 3.89. The van der Waals surface area contributed by atoms with Gasteiger partial charge >= 0.3 is 0 Å². The van der Waals surface area contributed by atoms with Crippen LogP contribution in [-0.2, 0) is 25.9 Å². The van der Waals surface area contributed by atoms with Gasteiger partial charge in [0.25, 0.3) is 0 Å². The van der Waals surface area contributed by atoms with E-state index < -0.39 is 0 Å². The number of rotatable bonds is 4. The van der Waals surface area contributed by atoms with Gasteiger partial charge in [-0.3, -0.25) is 9.88 Å². The number of aromatic nitrogens is 4. The second kappa shape index (κ2) is 6.04. The first kappa shape index (κ1) is 14.8. The van der Waals surface area contributed by atoms with E-state index in [-0.39, 0.29) is 0 Å². The maximum atomic E-state index is 4.52. The first-order chi connectivity index (χ1) is 11.2. The molecule has 1 fully saturated rings. The van der Waals surface area contributed by atoms with Crippen molar-refractivity contribution in [2.45, 2.75) is 64.7 Å². The highest BCUT2D eigenvalue weighted by atomic mass is 15.3. The number of nitrogens with zero attached hydrogens (tertiary/aromatic N) is 5. The van der Waals surface area contributed by atoms with Gasteiger partial charge in [0.1, 0.15) is 11.6 Å². The van der Waals surface area contributed by atoms with Crippen molar-refractivity contribution in [2.24, 2.45) is 5.92 Å². The van der Waals surface area contributed by atoms with Crippen LogP contribution in [0.4, 0.5) is 0 Å². The lowest BCUT2D eigenvalue weighted by Gasteiger charge is -2.27. The molecule has 23 heavy (non-hydrogen) atoms. The predicted octanol–water partition coefficient (Wildman–Crippen LogP) is 2.46. The summed E-state index contributed by atoms with van der Waals surface area (Å²) in [6, 6.07) is 7.37. The van der Waals surface area contributed by atoms with E-state index in [9.17, 15) is 0 Å². The second-order valence-electron chi connectivity index (χ2n) is 7.32. The molecule has 4 rings (SSSR count). The van der Waals surface area contributed by atoms with E-state index in [0.717, 1.165) is 25.9 Å². The Bertz CT molecular complexity index is 663. The van der Waals surface area contributed by atoms with Crippen molar-refractivity contribution in [2.75, 3.05) is 0 Å². The molecule has 0 aliphatic carbocycles. The molecule has 4 heterocycles. The molecule has 0 N–H and O–H groups in total. The lowest BCUT2D eigenvalue weighted by atomic mass is 10.1. The third-order valence-corrected chi connectivity index (χ3v) is 5.15. The van der Waals surface area contributed by atoms with Crippen LogP contribution < -0.4 is 0 Å². The molecule has 0 saturated carbocycles. The van der Waals surface area contributed by atoms with Crippen LogP contribution >= 0.6 is 0 Å². The van der Waals surface area contributed by atoms with Gasteiger partial charge in [-0.1, -0.05) is 19.9 Å². The quantitative estimate of drug-likeness (QED) is 0.870. The van der Waals surface area contributed by atoms with Crippen LogP contribution in [0.5, 0.6) is 0 Å².